The number of phenols is 1. The molecule has 3 N–H and O–H groups in total. The third-order valence-corrected chi connectivity index (χ3v) is 1.56. The van der Waals surface area contributed by atoms with Crippen molar-refractivity contribution in [3.8, 4) is 11.5 Å². The molecule has 4 nitrogen and oxygen atoms in total. The van der Waals surface area contributed by atoms with Crippen molar-refractivity contribution >= 4 is 0 Å². The minimum Gasteiger partial charge on any atom is -0.508 e. The summed E-state index contributed by atoms with van der Waals surface area (Å²) in [6, 6.07) is 4.82. The van der Waals surface area contributed by atoms with Crippen molar-refractivity contribution in [1.82, 2.24) is 5.48 Å². The molecule has 4 heteroatoms. The Labute approximate surface area is 70.4 Å². The first kappa shape index (κ1) is 8.83. The van der Waals surface area contributed by atoms with Gasteiger partial charge in [0.15, 0.2) is 0 Å². The molecule has 1 aromatic rings. The summed E-state index contributed by atoms with van der Waals surface area (Å²) in [6.07, 6.45) is 0. The Morgan fingerprint density at radius 1 is 1.50 bits per heavy atom. The number of hydroxylamine groups is 1. The molecule has 66 valence electrons. The first-order valence-corrected chi connectivity index (χ1v) is 3.50. The average molecular weight is 169 g/mol. The lowest BCUT2D eigenvalue weighted by Gasteiger charge is -2.05. The molecule has 0 saturated heterocycles. The fraction of sp³-hybridized carbons (Fsp3) is 0.250. The number of hydrogen-bond donors (Lipinski definition) is 3. The van der Waals surface area contributed by atoms with Gasteiger partial charge in [0.1, 0.15) is 11.5 Å². The molecule has 0 aliphatic heterocycles. The van der Waals surface area contributed by atoms with Gasteiger partial charge in [-0.1, -0.05) is 0 Å². The van der Waals surface area contributed by atoms with Gasteiger partial charge in [0.25, 0.3) is 0 Å². The maximum absolute atomic E-state index is 9.25. The summed E-state index contributed by atoms with van der Waals surface area (Å²) in [4.78, 5) is 0. The van der Waals surface area contributed by atoms with Crippen molar-refractivity contribution in [2.75, 3.05) is 7.11 Å². The molecule has 0 fully saturated rings. The highest BCUT2D eigenvalue weighted by Gasteiger charge is 2.01. The highest BCUT2D eigenvalue weighted by molar-refractivity contribution is 5.39. The first-order valence-electron chi connectivity index (χ1n) is 3.50. The van der Waals surface area contributed by atoms with Crippen LogP contribution in [0.15, 0.2) is 18.2 Å². The number of nitrogens with one attached hydrogen (secondary N) is 1. The number of methoxy groups -OCH3 is 1. The molecule has 0 atom stereocenters. The van der Waals surface area contributed by atoms with E-state index in [-0.39, 0.29) is 12.3 Å². The van der Waals surface area contributed by atoms with E-state index in [2.05, 4.69) is 0 Å². The molecule has 12 heavy (non-hydrogen) atoms. The van der Waals surface area contributed by atoms with Crippen molar-refractivity contribution in [3.05, 3.63) is 23.8 Å². The molecular formula is C8H11NO3. The van der Waals surface area contributed by atoms with Gasteiger partial charge < -0.3 is 15.1 Å². The number of phenolic OH excluding ortho intramolecular Hbond substituents is 1. The highest BCUT2D eigenvalue weighted by Crippen LogP contribution is 2.22. The summed E-state index contributed by atoms with van der Waals surface area (Å²) in [5, 5.41) is 17.7. The number of aromatic hydroxyl groups is 1. The van der Waals surface area contributed by atoms with Gasteiger partial charge >= 0.3 is 0 Å². The largest absolute Gasteiger partial charge is 0.508 e. The normalized spacial score (nSPS) is 9.83. The van der Waals surface area contributed by atoms with E-state index in [0.717, 1.165) is 0 Å². The lowest BCUT2D eigenvalue weighted by molar-refractivity contribution is 0.160. The van der Waals surface area contributed by atoms with E-state index >= 15 is 0 Å². The molecule has 0 unspecified atom stereocenters. The van der Waals surface area contributed by atoms with E-state index in [1.165, 1.54) is 6.07 Å². The summed E-state index contributed by atoms with van der Waals surface area (Å²) in [5.41, 5.74) is 2.55. The first-order chi connectivity index (χ1) is 5.77. The van der Waals surface area contributed by atoms with Gasteiger partial charge in [0.05, 0.1) is 7.11 Å². The van der Waals surface area contributed by atoms with Crippen LogP contribution in [0.5, 0.6) is 11.5 Å². The predicted octanol–water partition coefficient (Wildman–Crippen LogP) is 0.880. The van der Waals surface area contributed by atoms with Gasteiger partial charge in [-0.2, -0.15) is 0 Å². The van der Waals surface area contributed by atoms with Crippen molar-refractivity contribution in [1.29, 1.82) is 0 Å². The molecule has 0 heterocycles. The summed E-state index contributed by atoms with van der Waals surface area (Å²) in [5.74, 6) is 0.787. The molecule has 1 aromatic carbocycles. The van der Waals surface area contributed by atoms with Gasteiger partial charge in [-0.25, -0.2) is 5.48 Å². The zero-order valence-corrected chi connectivity index (χ0v) is 6.74. The van der Waals surface area contributed by atoms with Gasteiger partial charge in [-0.3, -0.25) is 0 Å². The Kier molecular flexibility index (Phi) is 2.90. The van der Waals surface area contributed by atoms with Crippen molar-refractivity contribution in [2.24, 2.45) is 0 Å². The van der Waals surface area contributed by atoms with Crippen LogP contribution in [0.3, 0.4) is 0 Å². The topological polar surface area (TPSA) is 61.7 Å². The van der Waals surface area contributed by atoms with Crippen LogP contribution in [0.4, 0.5) is 0 Å². The summed E-state index contributed by atoms with van der Waals surface area (Å²) < 4.78 is 4.94. The van der Waals surface area contributed by atoms with Crippen molar-refractivity contribution < 1.29 is 15.1 Å². The number of rotatable bonds is 3. The molecule has 0 aliphatic rings. The van der Waals surface area contributed by atoms with Crippen LogP contribution in [0.1, 0.15) is 5.56 Å². The Morgan fingerprint density at radius 2 is 2.25 bits per heavy atom. The molecule has 0 aromatic heterocycles. The third-order valence-electron chi connectivity index (χ3n) is 1.56. The standard InChI is InChI=1S/C8H11NO3/c1-12-7-2-3-8(10)6(4-7)5-9-11/h2-4,9-11H,5H2,1H3. The van der Waals surface area contributed by atoms with Crippen LogP contribution < -0.4 is 10.2 Å². The monoisotopic (exact) mass is 169 g/mol. The van der Waals surface area contributed by atoms with E-state index in [1.807, 2.05) is 5.48 Å². The van der Waals surface area contributed by atoms with Crippen LogP contribution >= 0.6 is 0 Å². The van der Waals surface area contributed by atoms with Gasteiger partial charge in [0.2, 0.25) is 0 Å². The molecular weight excluding hydrogens is 158 g/mol. The van der Waals surface area contributed by atoms with E-state index in [9.17, 15) is 5.11 Å². The lowest BCUT2D eigenvalue weighted by Crippen LogP contribution is -2.06. The fourth-order valence-electron chi connectivity index (χ4n) is 0.916. The van der Waals surface area contributed by atoms with Gasteiger partial charge in [-0.05, 0) is 18.2 Å². The number of hydrogen-bond acceptors (Lipinski definition) is 4. The lowest BCUT2D eigenvalue weighted by atomic mass is 10.2. The minimum absolute atomic E-state index is 0.136. The zero-order valence-electron chi connectivity index (χ0n) is 6.74. The second-order valence-corrected chi connectivity index (χ2v) is 2.33. The second-order valence-electron chi connectivity index (χ2n) is 2.33. The minimum atomic E-state index is 0.136. The Morgan fingerprint density at radius 3 is 2.83 bits per heavy atom. The Balaban J connectivity index is 2.91. The summed E-state index contributed by atoms with van der Waals surface area (Å²) in [7, 11) is 1.54. The maximum Gasteiger partial charge on any atom is 0.120 e. The molecule has 0 radical (unpaired) electrons. The van der Waals surface area contributed by atoms with E-state index in [0.29, 0.717) is 11.3 Å². The number of benzene rings is 1. The van der Waals surface area contributed by atoms with Gasteiger partial charge in [-0.15, -0.1) is 0 Å². The summed E-state index contributed by atoms with van der Waals surface area (Å²) in [6.45, 7) is 0.197. The molecule has 1 rings (SSSR count). The Bertz CT molecular complexity index is 262. The predicted molar refractivity (Wildman–Crippen MR) is 43.3 cm³/mol. The van der Waals surface area contributed by atoms with E-state index < -0.39 is 0 Å². The van der Waals surface area contributed by atoms with Gasteiger partial charge in [0, 0.05) is 12.1 Å². The molecule has 0 amide bonds. The van der Waals surface area contributed by atoms with Crippen LogP contribution in [-0.4, -0.2) is 17.4 Å². The zero-order chi connectivity index (χ0) is 8.97. The molecule has 0 saturated carbocycles. The Hall–Kier alpha value is -1.26. The van der Waals surface area contributed by atoms with Crippen LogP contribution in [0.25, 0.3) is 0 Å². The average Bonchev–Trinajstić information content (AvgIpc) is 2.09. The van der Waals surface area contributed by atoms with Crippen LogP contribution in [-0.2, 0) is 6.54 Å². The highest BCUT2D eigenvalue weighted by atomic mass is 16.5. The quantitative estimate of drug-likeness (QED) is 0.588. The van der Waals surface area contributed by atoms with Crippen LogP contribution in [0.2, 0.25) is 0 Å². The van der Waals surface area contributed by atoms with Crippen LogP contribution in [0, 0.1) is 0 Å². The van der Waals surface area contributed by atoms with E-state index in [4.69, 9.17) is 9.94 Å². The van der Waals surface area contributed by atoms with Crippen molar-refractivity contribution in [2.45, 2.75) is 6.54 Å². The number of ether oxygens (including phenoxy) is 1. The fourth-order valence-corrected chi connectivity index (χ4v) is 0.916. The third kappa shape index (κ3) is 1.87. The smallest absolute Gasteiger partial charge is 0.120 e. The van der Waals surface area contributed by atoms with E-state index in [1.54, 1.807) is 19.2 Å². The molecule has 0 bridgehead atoms. The van der Waals surface area contributed by atoms with Crippen molar-refractivity contribution in [3.63, 3.8) is 0 Å². The second kappa shape index (κ2) is 3.94. The maximum atomic E-state index is 9.25. The molecule has 0 aliphatic carbocycles. The SMILES string of the molecule is COc1ccc(O)c(CNO)c1. The summed E-state index contributed by atoms with van der Waals surface area (Å²) >= 11 is 0. The molecule has 0 spiro atoms.